The van der Waals surface area contributed by atoms with Gasteiger partial charge >= 0.3 is 0 Å². The average Bonchev–Trinajstić information content (AvgIpc) is 2.74. The second-order valence-electron chi connectivity index (χ2n) is 4.29. The number of aromatic amines is 1. The summed E-state index contributed by atoms with van der Waals surface area (Å²) in [6, 6.07) is 0. The number of H-pyrrole nitrogens is 1. The van der Waals surface area contributed by atoms with Gasteiger partial charge in [0.05, 0.1) is 0 Å². The molecule has 88 valence electrons. The molecule has 0 fully saturated rings. The molecule has 5 heteroatoms. The molecular formula is C12H14N4O. The smallest absolute Gasteiger partial charge is 0.276 e. The highest BCUT2D eigenvalue weighted by molar-refractivity contribution is 5.97. The van der Waals surface area contributed by atoms with E-state index in [-0.39, 0.29) is 5.91 Å². The summed E-state index contributed by atoms with van der Waals surface area (Å²) < 4.78 is 0. The Balaban J connectivity index is 1.94. The molecule has 1 amide bonds. The van der Waals surface area contributed by atoms with Crippen molar-refractivity contribution in [3.63, 3.8) is 0 Å². The molecule has 0 radical (unpaired) electrons. The molecule has 0 saturated heterocycles. The van der Waals surface area contributed by atoms with Crippen molar-refractivity contribution in [3.8, 4) is 0 Å². The molecule has 3 rings (SSSR count). The van der Waals surface area contributed by atoms with E-state index in [2.05, 4.69) is 16.3 Å². The van der Waals surface area contributed by atoms with Crippen LogP contribution in [0.1, 0.15) is 28.9 Å². The normalized spacial score (nSPS) is 19.2. The first-order valence-corrected chi connectivity index (χ1v) is 5.77. The topological polar surface area (TPSA) is 75.0 Å². The predicted molar refractivity (Wildman–Crippen MR) is 64.2 cm³/mol. The molecule has 0 unspecified atom stereocenters. The van der Waals surface area contributed by atoms with Gasteiger partial charge in [-0.15, -0.1) is 0 Å². The van der Waals surface area contributed by atoms with Crippen molar-refractivity contribution in [2.75, 3.05) is 12.3 Å². The lowest BCUT2D eigenvalue weighted by molar-refractivity contribution is 0.0781. The fourth-order valence-electron chi connectivity index (χ4n) is 2.36. The maximum Gasteiger partial charge on any atom is 0.276 e. The van der Waals surface area contributed by atoms with Crippen LogP contribution >= 0.6 is 0 Å². The molecule has 0 spiro atoms. The van der Waals surface area contributed by atoms with E-state index in [4.69, 9.17) is 5.73 Å². The van der Waals surface area contributed by atoms with Gasteiger partial charge in [0.1, 0.15) is 11.5 Å². The summed E-state index contributed by atoms with van der Waals surface area (Å²) >= 11 is 0. The summed E-state index contributed by atoms with van der Waals surface area (Å²) in [5.74, 6) is 0.433. The van der Waals surface area contributed by atoms with E-state index in [0.717, 1.165) is 30.5 Å². The lowest BCUT2D eigenvalue weighted by Crippen LogP contribution is -2.37. The number of anilines is 1. The molecule has 3 N–H and O–H groups in total. The van der Waals surface area contributed by atoms with Crippen LogP contribution < -0.4 is 5.73 Å². The molecule has 2 aliphatic rings. The molecule has 2 heterocycles. The van der Waals surface area contributed by atoms with Crippen LogP contribution in [0.4, 0.5) is 5.82 Å². The van der Waals surface area contributed by atoms with Crippen molar-refractivity contribution < 1.29 is 4.79 Å². The molecular weight excluding hydrogens is 216 g/mol. The van der Waals surface area contributed by atoms with Crippen molar-refractivity contribution in [2.24, 2.45) is 0 Å². The number of rotatable bonds is 1. The van der Waals surface area contributed by atoms with E-state index in [1.807, 2.05) is 17.1 Å². The van der Waals surface area contributed by atoms with E-state index >= 15 is 0 Å². The van der Waals surface area contributed by atoms with E-state index in [1.165, 1.54) is 0 Å². The minimum atomic E-state index is -0.0167. The van der Waals surface area contributed by atoms with Crippen molar-refractivity contribution >= 4 is 11.7 Å². The highest BCUT2D eigenvalue weighted by Gasteiger charge is 2.30. The number of carbonyl (C=O) groups excluding carboxylic acids is 1. The maximum atomic E-state index is 12.3. The quantitative estimate of drug-likeness (QED) is 0.761. The van der Waals surface area contributed by atoms with Gasteiger partial charge in [0, 0.05) is 17.8 Å². The monoisotopic (exact) mass is 230 g/mol. The number of nitrogens with zero attached hydrogens (tertiary/aromatic N) is 2. The summed E-state index contributed by atoms with van der Waals surface area (Å²) in [4.78, 5) is 14.1. The van der Waals surface area contributed by atoms with Gasteiger partial charge in [0.2, 0.25) is 0 Å². The fraction of sp³-hybridized carbons (Fsp3) is 0.333. The lowest BCUT2D eigenvalue weighted by atomic mass is 10.0. The fourth-order valence-corrected chi connectivity index (χ4v) is 2.36. The third-order valence-corrected chi connectivity index (χ3v) is 3.28. The highest BCUT2D eigenvalue weighted by Crippen LogP contribution is 2.26. The van der Waals surface area contributed by atoms with Crippen LogP contribution in [0.25, 0.3) is 0 Å². The molecule has 17 heavy (non-hydrogen) atoms. The van der Waals surface area contributed by atoms with Gasteiger partial charge < -0.3 is 10.6 Å². The molecule has 0 aromatic carbocycles. The third-order valence-electron chi connectivity index (χ3n) is 3.28. The molecule has 0 saturated carbocycles. The van der Waals surface area contributed by atoms with Gasteiger partial charge in [-0.25, -0.2) is 0 Å². The third kappa shape index (κ3) is 1.54. The van der Waals surface area contributed by atoms with E-state index in [1.54, 1.807) is 0 Å². The van der Waals surface area contributed by atoms with Crippen LogP contribution in [0.15, 0.2) is 23.9 Å². The minimum absolute atomic E-state index is 0.0167. The first kappa shape index (κ1) is 10.1. The number of fused-ring (bicyclic) bond motifs is 1. The Morgan fingerprint density at radius 3 is 3.06 bits per heavy atom. The zero-order valence-corrected chi connectivity index (χ0v) is 9.44. The van der Waals surface area contributed by atoms with Gasteiger partial charge in [-0.05, 0) is 25.3 Å². The van der Waals surface area contributed by atoms with Crippen molar-refractivity contribution in [2.45, 2.75) is 19.3 Å². The van der Waals surface area contributed by atoms with Gasteiger partial charge in [-0.1, -0.05) is 12.2 Å². The Labute approximate surface area is 99.0 Å². The number of amides is 1. The average molecular weight is 230 g/mol. The SMILES string of the molecule is Nc1n[nH]c2c1CCN(C1=CC=CCC1)C2=O. The van der Waals surface area contributed by atoms with Gasteiger partial charge in [0.15, 0.2) is 0 Å². The molecule has 0 bridgehead atoms. The standard InChI is InChI=1S/C12H14N4O/c13-11-9-6-7-16(8-4-2-1-3-5-8)12(17)10(9)14-15-11/h1-2,4H,3,5-7H2,(H3,13,14,15). The second kappa shape index (κ2) is 3.76. The number of aromatic nitrogens is 2. The number of hydrogen-bond donors (Lipinski definition) is 2. The summed E-state index contributed by atoms with van der Waals surface area (Å²) in [7, 11) is 0. The van der Waals surface area contributed by atoms with Crippen LogP contribution in [0, 0.1) is 0 Å². The van der Waals surface area contributed by atoms with Crippen LogP contribution in [0.2, 0.25) is 0 Å². The zero-order chi connectivity index (χ0) is 11.8. The lowest BCUT2D eigenvalue weighted by Gasteiger charge is -2.29. The number of nitrogens with one attached hydrogen (secondary N) is 1. The Morgan fingerprint density at radius 2 is 2.29 bits per heavy atom. The Hall–Kier alpha value is -2.04. The summed E-state index contributed by atoms with van der Waals surface area (Å²) in [6.07, 6.45) is 8.80. The van der Waals surface area contributed by atoms with E-state index < -0.39 is 0 Å². The number of nitrogen functional groups attached to an aromatic ring is 1. The molecule has 1 aliphatic carbocycles. The van der Waals surface area contributed by atoms with Crippen LogP contribution in [0.3, 0.4) is 0 Å². The van der Waals surface area contributed by atoms with Gasteiger partial charge in [-0.2, -0.15) is 5.10 Å². The Kier molecular flexibility index (Phi) is 2.24. The molecule has 5 nitrogen and oxygen atoms in total. The number of allylic oxidation sites excluding steroid dienone is 4. The number of hydrogen-bond acceptors (Lipinski definition) is 3. The summed E-state index contributed by atoms with van der Waals surface area (Å²) in [5.41, 5.74) is 8.19. The van der Waals surface area contributed by atoms with Crippen molar-refractivity contribution in [1.82, 2.24) is 15.1 Å². The van der Waals surface area contributed by atoms with Crippen LogP contribution in [0.5, 0.6) is 0 Å². The van der Waals surface area contributed by atoms with Crippen LogP contribution in [-0.2, 0) is 6.42 Å². The second-order valence-corrected chi connectivity index (χ2v) is 4.29. The molecule has 1 aromatic rings. The number of nitrogens with two attached hydrogens (primary N) is 1. The molecule has 1 aromatic heterocycles. The largest absolute Gasteiger partial charge is 0.382 e. The van der Waals surface area contributed by atoms with Crippen molar-refractivity contribution in [3.05, 3.63) is 35.2 Å². The van der Waals surface area contributed by atoms with E-state index in [9.17, 15) is 4.79 Å². The van der Waals surface area contributed by atoms with Crippen molar-refractivity contribution in [1.29, 1.82) is 0 Å². The van der Waals surface area contributed by atoms with E-state index in [0.29, 0.717) is 18.1 Å². The van der Waals surface area contributed by atoms with Gasteiger partial charge in [-0.3, -0.25) is 9.89 Å². The summed E-state index contributed by atoms with van der Waals surface area (Å²) in [6.45, 7) is 0.690. The first-order chi connectivity index (χ1) is 8.27. The zero-order valence-electron chi connectivity index (χ0n) is 9.44. The predicted octanol–water partition coefficient (Wildman–Crippen LogP) is 1.22. The first-order valence-electron chi connectivity index (χ1n) is 5.77. The summed E-state index contributed by atoms with van der Waals surface area (Å²) in [5, 5.41) is 6.63. The Bertz CT molecular complexity index is 527. The van der Waals surface area contributed by atoms with Crippen LogP contribution in [-0.4, -0.2) is 27.5 Å². The molecule has 0 atom stereocenters. The maximum absolute atomic E-state index is 12.3. The number of carbonyl (C=O) groups is 1. The molecule has 1 aliphatic heterocycles. The highest BCUT2D eigenvalue weighted by atomic mass is 16.2. The van der Waals surface area contributed by atoms with Gasteiger partial charge in [0.25, 0.3) is 5.91 Å². The Morgan fingerprint density at radius 1 is 1.41 bits per heavy atom. The minimum Gasteiger partial charge on any atom is -0.382 e.